The molecule has 0 saturated carbocycles. The lowest BCUT2D eigenvalue weighted by Gasteiger charge is -2.20. The summed E-state index contributed by atoms with van der Waals surface area (Å²) in [5, 5.41) is 11.7. The van der Waals surface area contributed by atoms with E-state index < -0.39 is 0 Å². The van der Waals surface area contributed by atoms with Crippen LogP contribution < -0.4 is 10.1 Å². The number of nitrogens with zero attached hydrogens (tertiary/aromatic N) is 1. The van der Waals surface area contributed by atoms with E-state index in [1.807, 2.05) is 36.4 Å². The van der Waals surface area contributed by atoms with Gasteiger partial charge in [-0.3, -0.25) is 0 Å². The SMILES string of the molecule is N#CCOc1ccc(NCC2CCC=CO2)cc1. The number of allylic oxidation sites excluding steroid dienone is 1. The molecular formula is C14H16N2O2. The third kappa shape index (κ3) is 3.70. The largest absolute Gasteiger partial charge is 0.497 e. The van der Waals surface area contributed by atoms with Crippen molar-refractivity contribution < 1.29 is 9.47 Å². The van der Waals surface area contributed by atoms with E-state index in [0.29, 0.717) is 5.75 Å². The minimum Gasteiger partial charge on any atom is -0.497 e. The van der Waals surface area contributed by atoms with Crippen LogP contribution in [-0.4, -0.2) is 19.3 Å². The molecule has 0 fully saturated rings. The molecular weight excluding hydrogens is 228 g/mol. The molecule has 1 heterocycles. The molecule has 0 aromatic heterocycles. The molecule has 0 radical (unpaired) electrons. The van der Waals surface area contributed by atoms with Gasteiger partial charge >= 0.3 is 0 Å². The van der Waals surface area contributed by atoms with Crippen LogP contribution in [0.4, 0.5) is 5.69 Å². The molecule has 0 saturated heterocycles. The van der Waals surface area contributed by atoms with Crippen molar-refractivity contribution in [1.29, 1.82) is 5.26 Å². The number of hydrogen-bond donors (Lipinski definition) is 1. The van der Waals surface area contributed by atoms with E-state index >= 15 is 0 Å². The fraction of sp³-hybridized carbons (Fsp3) is 0.357. The average molecular weight is 244 g/mol. The van der Waals surface area contributed by atoms with E-state index in [9.17, 15) is 0 Å². The second kappa shape index (κ2) is 6.55. The summed E-state index contributed by atoms with van der Waals surface area (Å²) in [5.74, 6) is 0.707. The van der Waals surface area contributed by atoms with Gasteiger partial charge in [0.25, 0.3) is 0 Å². The molecule has 1 aliphatic heterocycles. The Balaban J connectivity index is 1.79. The van der Waals surface area contributed by atoms with Crippen molar-refractivity contribution in [2.45, 2.75) is 18.9 Å². The van der Waals surface area contributed by atoms with Crippen LogP contribution in [0.15, 0.2) is 36.6 Å². The van der Waals surface area contributed by atoms with E-state index in [-0.39, 0.29) is 12.7 Å². The summed E-state index contributed by atoms with van der Waals surface area (Å²) < 4.78 is 10.7. The monoisotopic (exact) mass is 244 g/mol. The maximum Gasteiger partial charge on any atom is 0.174 e. The number of hydrogen-bond acceptors (Lipinski definition) is 4. The van der Waals surface area contributed by atoms with Gasteiger partial charge in [-0.25, -0.2) is 0 Å². The Morgan fingerprint density at radius 2 is 2.22 bits per heavy atom. The molecule has 0 bridgehead atoms. The lowest BCUT2D eigenvalue weighted by molar-refractivity contribution is 0.135. The fourth-order valence-corrected chi connectivity index (χ4v) is 1.75. The van der Waals surface area contributed by atoms with Crippen LogP contribution in [0.5, 0.6) is 5.75 Å². The molecule has 2 rings (SSSR count). The van der Waals surface area contributed by atoms with Gasteiger partial charge in [0, 0.05) is 5.69 Å². The second-order valence-corrected chi connectivity index (χ2v) is 4.06. The first kappa shape index (κ1) is 12.3. The van der Waals surface area contributed by atoms with Crippen LogP contribution in [0, 0.1) is 11.3 Å². The van der Waals surface area contributed by atoms with Crippen LogP contribution in [0.25, 0.3) is 0 Å². The minimum absolute atomic E-state index is 0.0784. The Labute approximate surface area is 107 Å². The van der Waals surface area contributed by atoms with Crippen molar-refractivity contribution in [1.82, 2.24) is 0 Å². The Hall–Kier alpha value is -2.15. The molecule has 0 amide bonds. The van der Waals surface area contributed by atoms with Gasteiger partial charge in [-0.2, -0.15) is 5.26 Å². The molecule has 1 aromatic carbocycles. The number of nitrogens with one attached hydrogen (secondary N) is 1. The fourth-order valence-electron chi connectivity index (χ4n) is 1.75. The Morgan fingerprint density at radius 1 is 1.39 bits per heavy atom. The lowest BCUT2D eigenvalue weighted by atomic mass is 10.1. The summed E-state index contributed by atoms with van der Waals surface area (Å²) >= 11 is 0. The van der Waals surface area contributed by atoms with Crippen molar-refractivity contribution >= 4 is 5.69 Å². The molecule has 0 spiro atoms. The highest BCUT2D eigenvalue weighted by molar-refractivity contribution is 5.46. The topological polar surface area (TPSA) is 54.3 Å². The third-order valence-electron chi connectivity index (χ3n) is 2.71. The van der Waals surface area contributed by atoms with Crippen molar-refractivity contribution in [3.8, 4) is 11.8 Å². The molecule has 1 atom stereocenters. The zero-order valence-corrected chi connectivity index (χ0v) is 10.1. The summed E-state index contributed by atoms with van der Waals surface area (Å²) in [4.78, 5) is 0. The maximum atomic E-state index is 8.40. The van der Waals surface area contributed by atoms with Crippen molar-refractivity contribution in [2.24, 2.45) is 0 Å². The quantitative estimate of drug-likeness (QED) is 0.865. The molecule has 18 heavy (non-hydrogen) atoms. The molecule has 1 aliphatic rings. The third-order valence-corrected chi connectivity index (χ3v) is 2.71. The number of anilines is 1. The highest BCUT2D eigenvalue weighted by Gasteiger charge is 2.10. The van der Waals surface area contributed by atoms with Crippen LogP contribution in [0.2, 0.25) is 0 Å². The number of nitriles is 1. The van der Waals surface area contributed by atoms with Crippen molar-refractivity contribution in [3.05, 3.63) is 36.6 Å². The molecule has 4 heteroatoms. The summed E-state index contributed by atoms with van der Waals surface area (Å²) in [6.45, 7) is 0.873. The first-order chi connectivity index (χ1) is 8.88. The number of benzene rings is 1. The minimum atomic E-state index is 0.0784. The second-order valence-electron chi connectivity index (χ2n) is 4.06. The zero-order valence-electron chi connectivity index (χ0n) is 10.1. The average Bonchev–Trinajstić information content (AvgIpc) is 2.45. The van der Waals surface area contributed by atoms with Crippen LogP contribution in [-0.2, 0) is 4.74 Å². The van der Waals surface area contributed by atoms with Gasteiger partial charge in [0.15, 0.2) is 6.61 Å². The van der Waals surface area contributed by atoms with Gasteiger partial charge in [0.2, 0.25) is 0 Å². The van der Waals surface area contributed by atoms with Crippen molar-refractivity contribution in [3.63, 3.8) is 0 Å². The normalized spacial score (nSPS) is 17.6. The summed E-state index contributed by atoms with van der Waals surface area (Å²) in [7, 11) is 0. The van der Waals surface area contributed by atoms with E-state index in [2.05, 4.69) is 5.32 Å². The Bertz CT molecular complexity index is 434. The molecule has 1 N–H and O–H groups in total. The van der Waals surface area contributed by atoms with Gasteiger partial charge in [-0.05, 0) is 43.2 Å². The highest BCUT2D eigenvalue weighted by atomic mass is 16.5. The van der Waals surface area contributed by atoms with Gasteiger partial charge in [-0.15, -0.1) is 0 Å². The summed E-state index contributed by atoms with van der Waals surface area (Å²) in [6, 6.07) is 9.51. The highest BCUT2D eigenvalue weighted by Crippen LogP contribution is 2.17. The summed E-state index contributed by atoms with van der Waals surface area (Å²) in [5.41, 5.74) is 1.03. The van der Waals surface area contributed by atoms with E-state index in [4.69, 9.17) is 14.7 Å². The number of rotatable bonds is 5. The van der Waals surface area contributed by atoms with Crippen molar-refractivity contribution in [2.75, 3.05) is 18.5 Å². The zero-order chi connectivity index (χ0) is 12.6. The molecule has 1 aromatic rings. The first-order valence-corrected chi connectivity index (χ1v) is 6.02. The number of ether oxygens (including phenoxy) is 2. The van der Waals surface area contributed by atoms with Crippen LogP contribution >= 0.6 is 0 Å². The van der Waals surface area contributed by atoms with Gasteiger partial charge in [0.1, 0.15) is 17.9 Å². The van der Waals surface area contributed by atoms with Gasteiger partial charge in [-0.1, -0.05) is 0 Å². The van der Waals surface area contributed by atoms with E-state index in [1.165, 1.54) is 0 Å². The Morgan fingerprint density at radius 3 is 2.89 bits per heavy atom. The predicted octanol–water partition coefficient (Wildman–Crippen LogP) is 2.69. The molecule has 94 valence electrons. The van der Waals surface area contributed by atoms with Gasteiger partial charge < -0.3 is 14.8 Å². The molecule has 0 aliphatic carbocycles. The predicted molar refractivity (Wildman–Crippen MR) is 69.3 cm³/mol. The van der Waals surface area contributed by atoms with E-state index in [0.717, 1.165) is 25.1 Å². The maximum absolute atomic E-state index is 8.40. The van der Waals surface area contributed by atoms with Gasteiger partial charge in [0.05, 0.1) is 12.8 Å². The smallest absolute Gasteiger partial charge is 0.174 e. The Kier molecular flexibility index (Phi) is 4.48. The van der Waals surface area contributed by atoms with Crippen LogP contribution in [0.3, 0.4) is 0 Å². The molecule has 1 unspecified atom stereocenters. The van der Waals surface area contributed by atoms with E-state index in [1.54, 1.807) is 6.26 Å². The first-order valence-electron chi connectivity index (χ1n) is 6.02. The summed E-state index contributed by atoms with van der Waals surface area (Å²) in [6.07, 6.45) is 6.18. The lowest BCUT2D eigenvalue weighted by Crippen LogP contribution is -2.22. The van der Waals surface area contributed by atoms with Crippen LogP contribution in [0.1, 0.15) is 12.8 Å². The standard InChI is InChI=1S/C14H16N2O2/c15-8-10-18-13-6-4-12(5-7-13)16-11-14-3-1-2-9-17-14/h2,4-7,9,14,16H,1,3,10-11H2. The molecule has 4 nitrogen and oxygen atoms in total.